The fourth-order valence-electron chi connectivity index (χ4n) is 0.925. The minimum Gasteiger partial charge on any atom is -0.372 e. The van der Waals surface area contributed by atoms with Gasteiger partial charge in [0, 0.05) is 0 Å². The smallest absolute Gasteiger partial charge is 0.372 e. The summed E-state index contributed by atoms with van der Waals surface area (Å²) in [6.45, 7) is 0. The van der Waals surface area contributed by atoms with Gasteiger partial charge in [-0.2, -0.15) is 0 Å². The predicted molar refractivity (Wildman–Crippen MR) is 43.1 cm³/mol. The third-order valence-corrected chi connectivity index (χ3v) is 1.43. The molecular weight excluding hydrogens is 158 g/mol. The van der Waals surface area contributed by atoms with Crippen LogP contribution >= 0.6 is 0 Å². The van der Waals surface area contributed by atoms with Crippen molar-refractivity contribution in [3.8, 4) is 0 Å². The second-order valence-electron chi connectivity index (χ2n) is 2.19. The largest absolute Gasteiger partial charge is 0.419 e. The number of aromatic amines is 1. The Kier molecular flexibility index (Phi) is 0.958. The van der Waals surface area contributed by atoms with Gasteiger partial charge in [-0.25, -0.2) is 9.59 Å². The molecule has 0 unspecified atom stereocenters. The van der Waals surface area contributed by atoms with E-state index in [1.807, 2.05) is 0 Å². The van der Waals surface area contributed by atoms with Gasteiger partial charge in [-0.05, 0) is 12.1 Å². The fourth-order valence-corrected chi connectivity index (χ4v) is 0.925. The molecule has 0 amide bonds. The molecule has 0 saturated heterocycles. The minimum absolute atomic E-state index is 0.0721. The number of hydrogen-bond acceptors (Lipinski definition) is 3. The lowest BCUT2D eigenvalue weighted by molar-refractivity contribution is 0.460. The van der Waals surface area contributed by atoms with E-state index in [1.165, 1.54) is 12.1 Å². The lowest BCUT2D eigenvalue weighted by atomic mass is 10.2. The van der Waals surface area contributed by atoms with E-state index < -0.39 is 11.4 Å². The summed E-state index contributed by atoms with van der Waals surface area (Å²) in [4.78, 5) is 24.2. The van der Waals surface area contributed by atoms with E-state index in [4.69, 9.17) is 2.74 Å². The first-order chi connectivity index (χ1) is 6.59. The third-order valence-electron chi connectivity index (χ3n) is 1.43. The molecule has 0 saturated carbocycles. The highest BCUT2D eigenvalue weighted by atomic mass is 16.4. The van der Waals surface area contributed by atoms with Crippen LogP contribution in [-0.2, 0) is 0 Å². The molecule has 4 heteroatoms. The Morgan fingerprint density at radius 3 is 3.17 bits per heavy atom. The zero-order valence-electron chi connectivity index (χ0n) is 7.88. The molecule has 0 aliphatic carbocycles. The van der Waals surface area contributed by atoms with Crippen molar-refractivity contribution >= 4 is 10.9 Å². The van der Waals surface area contributed by atoms with Crippen molar-refractivity contribution in [2.24, 2.45) is 0 Å². The molecule has 0 spiro atoms. The highest BCUT2D eigenvalue weighted by molar-refractivity contribution is 5.76. The van der Waals surface area contributed by atoms with Crippen LogP contribution in [0.15, 0.2) is 38.2 Å². The number of nitrogens with one attached hydrogen (secondary N) is 1. The summed E-state index contributed by atoms with van der Waals surface area (Å²) >= 11 is 0. The van der Waals surface area contributed by atoms with Crippen LogP contribution in [0.25, 0.3) is 10.9 Å². The second-order valence-corrected chi connectivity index (χ2v) is 2.19. The van der Waals surface area contributed by atoms with Crippen molar-refractivity contribution in [2.45, 2.75) is 0 Å². The van der Waals surface area contributed by atoms with E-state index in [9.17, 15) is 9.59 Å². The number of fused-ring (bicyclic) bond motifs is 1. The van der Waals surface area contributed by atoms with Crippen molar-refractivity contribution in [3.63, 3.8) is 0 Å². The van der Waals surface area contributed by atoms with Gasteiger partial charge in [0.2, 0.25) is 0 Å². The molecule has 1 aromatic carbocycles. The highest BCUT2D eigenvalue weighted by Crippen LogP contribution is 2.01. The van der Waals surface area contributed by atoms with Crippen LogP contribution in [0.4, 0.5) is 0 Å². The van der Waals surface area contributed by atoms with Gasteiger partial charge in [0.1, 0.15) is 0 Å². The Morgan fingerprint density at radius 2 is 2.33 bits per heavy atom. The minimum atomic E-state index is -0.886. The summed E-state index contributed by atoms with van der Waals surface area (Å²) in [5.41, 5.74) is -0.671. The summed E-state index contributed by atoms with van der Waals surface area (Å²) in [5, 5.41) is -0.0721. The van der Waals surface area contributed by atoms with Gasteiger partial charge in [0.05, 0.1) is 13.6 Å². The summed E-state index contributed by atoms with van der Waals surface area (Å²) < 4.78 is 19.0. The lowest BCUT2D eigenvalue weighted by Gasteiger charge is -1.91. The molecule has 2 rings (SSSR count). The first-order valence-corrected chi connectivity index (χ1v) is 3.23. The van der Waals surface area contributed by atoms with E-state index in [0.717, 1.165) is 0 Å². The van der Waals surface area contributed by atoms with Crippen LogP contribution in [0, 0.1) is 0 Å². The number of H-pyrrole nitrogens is 1. The average Bonchev–Trinajstić information content (AvgIpc) is 2.10. The zero-order valence-corrected chi connectivity index (χ0v) is 5.88. The molecule has 60 valence electrons. The van der Waals surface area contributed by atoms with Crippen molar-refractivity contribution in [3.05, 3.63) is 45.2 Å². The zero-order chi connectivity index (χ0) is 10.3. The summed E-state index contributed by atoms with van der Waals surface area (Å²) in [7, 11) is 0. The Morgan fingerprint density at radius 1 is 1.50 bits per heavy atom. The Bertz CT molecular complexity index is 614. The molecule has 1 aromatic heterocycles. The first-order valence-electron chi connectivity index (χ1n) is 4.23. The maximum absolute atomic E-state index is 11.2. The van der Waals surface area contributed by atoms with Gasteiger partial charge in [0.25, 0.3) is 0 Å². The Labute approximate surface area is 69.3 Å². The molecule has 0 atom stereocenters. The average molecular weight is 165 g/mol. The summed E-state index contributed by atoms with van der Waals surface area (Å²) in [5.74, 6) is -0.861. The fraction of sp³-hybridized carbons (Fsp3) is 0. The molecule has 0 radical (unpaired) electrons. The molecule has 0 bridgehead atoms. The van der Waals surface area contributed by atoms with Gasteiger partial charge in [-0.3, -0.25) is 4.98 Å². The molecule has 12 heavy (non-hydrogen) atoms. The van der Waals surface area contributed by atoms with E-state index >= 15 is 0 Å². The van der Waals surface area contributed by atoms with Crippen LogP contribution in [0.1, 0.15) is 2.74 Å². The molecule has 1 heterocycles. The Hall–Kier alpha value is -1.84. The molecule has 0 aliphatic rings. The lowest BCUT2D eigenvalue weighted by Crippen LogP contribution is -2.13. The quantitative estimate of drug-likeness (QED) is 0.617. The number of rotatable bonds is 0. The standard InChI is InChI=1S/C8H5NO3/c10-7-5-3-1-2-4-6(5)9-8(11)12-7/h1-4H,(H,9,11)/i1D,3D. The molecule has 0 aliphatic heterocycles. The van der Waals surface area contributed by atoms with Gasteiger partial charge in [0.15, 0.2) is 0 Å². The Balaban J connectivity index is 3.11. The first kappa shape index (κ1) is 4.92. The maximum atomic E-state index is 11.2. The molecule has 1 N–H and O–H groups in total. The van der Waals surface area contributed by atoms with E-state index in [-0.39, 0.29) is 23.0 Å². The predicted octanol–water partition coefficient (Wildman–Crippen LogP) is 0.481. The van der Waals surface area contributed by atoms with Crippen molar-refractivity contribution in [1.82, 2.24) is 4.98 Å². The van der Waals surface area contributed by atoms with Crippen LogP contribution in [0.3, 0.4) is 0 Å². The number of hydrogen-bond donors (Lipinski definition) is 1. The SMILES string of the molecule is [2H]c1ccc2[nH]c(=O)oc(=O)c2c1[2H]. The molecular formula is C8H5NO3. The van der Waals surface area contributed by atoms with Crippen LogP contribution < -0.4 is 11.4 Å². The normalized spacial score (nSPS) is 12.7. The van der Waals surface area contributed by atoms with E-state index in [1.54, 1.807) is 0 Å². The topological polar surface area (TPSA) is 63.1 Å². The molecule has 4 nitrogen and oxygen atoms in total. The maximum Gasteiger partial charge on any atom is 0.419 e. The summed E-state index contributed by atoms with van der Waals surface area (Å²) in [6.07, 6.45) is 0. The van der Waals surface area contributed by atoms with Crippen molar-refractivity contribution < 1.29 is 7.16 Å². The number of benzene rings is 1. The monoisotopic (exact) mass is 165 g/mol. The summed E-state index contributed by atoms with van der Waals surface area (Å²) in [6, 6.07) is 2.40. The van der Waals surface area contributed by atoms with Crippen LogP contribution in [-0.4, -0.2) is 4.98 Å². The van der Waals surface area contributed by atoms with Gasteiger partial charge in [-0.15, -0.1) is 0 Å². The second kappa shape index (κ2) is 2.34. The van der Waals surface area contributed by atoms with Gasteiger partial charge in [-0.1, -0.05) is 12.1 Å². The third kappa shape index (κ3) is 0.934. The number of para-hydroxylation sites is 1. The van der Waals surface area contributed by atoms with Crippen molar-refractivity contribution in [2.75, 3.05) is 0 Å². The van der Waals surface area contributed by atoms with Gasteiger partial charge >= 0.3 is 11.4 Å². The number of aromatic nitrogens is 1. The van der Waals surface area contributed by atoms with Crippen molar-refractivity contribution in [1.29, 1.82) is 0 Å². The van der Waals surface area contributed by atoms with Crippen LogP contribution in [0.5, 0.6) is 0 Å². The van der Waals surface area contributed by atoms with Crippen LogP contribution in [0.2, 0.25) is 0 Å². The van der Waals surface area contributed by atoms with E-state index in [0.29, 0.717) is 0 Å². The molecule has 0 fully saturated rings. The highest BCUT2D eigenvalue weighted by Gasteiger charge is 1.98. The van der Waals surface area contributed by atoms with Gasteiger partial charge < -0.3 is 4.42 Å². The molecule has 2 aromatic rings. The van der Waals surface area contributed by atoms with E-state index in [2.05, 4.69) is 9.40 Å².